The van der Waals surface area contributed by atoms with Gasteiger partial charge in [0.05, 0.1) is 0 Å². The Morgan fingerprint density at radius 1 is 0.826 bits per heavy atom. The van der Waals surface area contributed by atoms with Gasteiger partial charge in [0.15, 0.2) is 11.5 Å². The number of hydrogen-bond donors (Lipinski definition) is 0. The van der Waals surface area contributed by atoms with Crippen LogP contribution in [-0.4, -0.2) is 11.9 Å². The zero-order valence-electron chi connectivity index (χ0n) is 14.3. The fraction of sp³-hybridized carbons (Fsp3) is 0.579. The molecule has 0 N–H and O–H groups in total. The van der Waals surface area contributed by atoms with Crippen molar-refractivity contribution in [2.24, 2.45) is 0 Å². The summed E-state index contributed by atoms with van der Waals surface area (Å²) in [6.07, 6.45) is 9.86. The number of unbranched alkanes of at least 4 members (excludes halogenated alkanes) is 7. The molecule has 23 heavy (non-hydrogen) atoms. The maximum atomic E-state index is 11.9. The first-order chi connectivity index (χ1) is 11.1. The van der Waals surface area contributed by atoms with E-state index >= 15 is 0 Å². The number of esters is 2. The quantitative estimate of drug-likeness (QED) is 0.325. The molecular formula is C19H28O4. The van der Waals surface area contributed by atoms with Gasteiger partial charge in [0.2, 0.25) is 0 Å². The molecule has 0 unspecified atom stereocenters. The molecule has 4 nitrogen and oxygen atoms in total. The minimum absolute atomic E-state index is 0.282. The summed E-state index contributed by atoms with van der Waals surface area (Å²) in [4.78, 5) is 22.9. The average molecular weight is 320 g/mol. The molecule has 0 aliphatic rings. The van der Waals surface area contributed by atoms with Gasteiger partial charge in [0.25, 0.3) is 0 Å². The van der Waals surface area contributed by atoms with Crippen LogP contribution in [-0.2, 0) is 9.59 Å². The number of ether oxygens (including phenoxy) is 2. The Morgan fingerprint density at radius 3 is 1.91 bits per heavy atom. The van der Waals surface area contributed by atoms with Gasteiger partial charge >= 0.3 is 11.9 Å². The molecule has 0 heterocycles. The maximum absolute atomic E-state index is 11.9. The summed E-state index contributed by atoms with van der Waals surface area (Å²) in [5, 5.41) is 0. The third-order valence-electron chi connectivity index (χ3n) is 3.56. The molecule has 0 aliphatic carbocycles. The first kappa shape index (κ1) is 19.2. The van der Waals surface area contributed by atoms with Crippen LogP contribution in [0.3, 0.4) is 0 Å². The molecule has 0 bridgehead atoms. The summed E-state index contributed by atoms with van der Waals surface area (Å²) in [5.74, 6) is -0.135. The van der Waals surface area contributed by atoms with Crippen LogP contribution in [0.15, 0.2) is 24.3 Å². The highest BCUT2D eigenvalue weighted by Gasteiger charge is 2.11. The molecule has 0 atom stereocenters. The molecule has 0 aromatic heterocycles. The Bertz CT molecular complexity index is 482. The minimum Gasteiger partial charge on any atom is -0.423 e. The molecule has 0 saturated heterocycles. The van der Waals surface area contributed by atoms with Crippen LogP contribution < -0.4 is 9.47 Å². The van der Waals surface area contributed by atoms with Gasteiger partial charge < -0.3 is 9.47 Å². The van der Waals surface area contributed by atoms with E-state index in [-0.39, 0.29) is 11.7 Å². The first-order valence-corrected chi connectivity index (χ1v) is 8.61. The van der Waals surface area contributed by atoms with Gasteiger partial charge in [-0.1, -0.05) is 64.0 Å². The van der Waals surface area contributed by atoms with Crippen molar-refractivity contribution in [2.45, 2.75) is 71.6 Å². The van der Waals surface area contributed by atoms with E-state index in [1.165, 1.54) is 45.4 Å². The van der Waals surface area contributed by atoms with Crippen molar-refractivity contribution in [3.8, 4) is 11.5 Å². The fourth-order valence-corrected chi connectivity index (χ4v) is 2.35. The highest BCUT2D eigenvalue weighted by Crippen LogP contribution is 2.27. The van der Waals surface area contributed by atoms with Crippen molar-refractivity contribution in [2.75, 3.05) is 0 Å². The number of rotatable bonds is 11. The third kappa shape index (κ3) is 9.01. The topological polar surface area (TPSA) is 52.6 Å². The standard InChI is InChI=1S/C19H28O4/c1-3-4-5-6-7-8-9-10-15-19(21)23-18-14-12-11-13-17(18)22-16(2)20/h11-14H,3-10,15H2,1-2H3. The van der Waals surface area contributed by atoms with E-state index in [1.807, 2.05) is 0 Å². The lowest BCUT2D eigenvalue weighted by atomic mass is 10.1. The zero-order chi connectivity index (χ0) is 16.9. The van der Waals surface area contributed by atoms with Crippen molar-refractivity contribution in [3.63, 3.8) is 0 Å². The van der Waals surface area contributed by atoms with Gasteiger partial charge in [-0.2, -0.15) is 0 Å². The van der Waals surface area contributed by atoms with Crippen LogP contribution in [0, 0.1) is 0 Å². The first-order valence-electron chi connectivity index (χ1n) is 8.61. The van der Waals surface area contributed by atoms with Crippen LogP contribution in [0.4, 0.5) is 0 Å². The van der Waals surface area contributed by atoms with Gasteiger partial charge in [0.1, 0.15) is 0 Å². The molecule has 1 aromatic carbocycles. The number of carbonyl (C=O) groups excluding carboxylic acids is 2. The van der Waals surface area contributed by atoms with Crippen molar-refractivity contribution in [3.05, 3.63) is 24.3 Å². The lowest BCUT2D eigenvalue weighted by Gasteiger charge is -2.09. The zero-order valence-corrected chi connectivity index (χ0v) is 14.3. The number of hydrogen-bond acceptors (Lipinski definition) is 4. The summed E-state index contributed by atoms with van der Waals surface area (Å²) < 4.78 is 10.3. The summed E-state index contributed by atoms with van der Waals surface area (Å²) in [6, 6.07) is 6.71. The second-order valence-electron chi connectivity index (χ2n) is 5.74. The normalized spacial score (nSPS) is 10.3. The predicted octanol–water partition coefficient (Wildman–Crippen LogP) is 5.05. The van der Waals surface area contributed by atoms with Gasteiger partial charge in [-0.15, -0.1) is 0 Å². The van der Waals surface area contributed by atoms with E-state index in [9.17, 15) is 9.59 Å². The van der Waals surface area contributed by atoms with Crippen LogP contribution in [0.2, 0.25) is 0 Å². The molecule has 128 valence electrons. The lowest BCUT2D eigenvalue weighted by Crippen LogP contribution is -2.10. The van der Waals surface area contributed by atoms with E-state index in [0.29, 0.717) is 12.2 Å². The van der Waals surface area contributed by atoms with E-state index in [4.69, 9.17) is 9.47 Å². The van der Waals surface area contributed by atoms with Gasteiger partial charge in [-0.05, 0) is 18.6 Å². The molecule has 0 radical (unpaired) electrons. The molecule has 0 spiro atoms. The number of carbonyl (C=O) groups is 2. The summed E-state index contributed by atoms with van der Waals surface area (Å²) >= 11 is 0. The molecule has 0 fully saturated rings. The second-order valence-corrected chi connectivity index (χ2v) is 5.74. The number of para-hydroxylation sites is 2. The summed E-state index contributed by atoms with van der Waals surface area (Å²) in [6.45, 7) is 3.53. The second kappa shape index (κ2) is 11.7. The van der Waals surface area contributed by atoms with Crippen molar-refractivity contribution in [1.82, 2.24) is 0 Å². The fourth-order valence-electron chi connectivity index (χ4n) is 2.35. The molecule has 0 saturated carbocycles. The SMILES string of the molecule is CCCCCCCCCCC(=O)Oc1ccccc1OC(C)=O. The van der Waals surface area contributed by atoms with E-state index < -0.39 is 5.97 Å². The van der Waals surface area contributed by atoms with E-state index in [0.717, 1.165) is 12.8 Å². The molecule has 0 amide bonds. The highest BCUT2D eigenvalue weighted by molar-refractivity contribution is 5.75. The summed E-state index contributed by atoms with van der Waals surface area (Å²) in [7, 11) is 0. The van der Waals surface area contributed by atoms with Crippen LogP contribution >= 0.6 is 0 Å². The van der Waals surface area contributed by atoms with Gasteiger partial charge in [-0.3, -0.25) is 9.59 Å². The van der Waals surface area contributed by atoms with Crippen molar-refractivity contribution >= 4 is 11.9 Å². The average Bonchev–Trinajstić information content (AvgIpc) is 2.51. The molecule has 1 rings (SSSR count). The third-order valence-corrected chi connectivity index (χ3v) is 3.56. The Hall–Kier alpha value is -1.84. The molecule has 0 aliphatic heterocycles. The largest absolute Gasteiger partial charge is 0.423 e. The predicted molar refractivity (Wildman–Crippen MR) is 90.6 cm³/mol. The Kier molecular flexibility index (Phi) is 9.76. The smallest absolute Gasteiger partial charge is 0.311 e. The van der Waals surface area contributed by atoms with Crippen LogP contribution in [0.5, 0.6) is 11.5 Å². The van der Waals surface area contributed by atoms with Gasteiger partial charge in [-0.25, -0.2) is 0 Å². The Balaban J connectivity index is 2.23. The summed E-state index contributed by atoms with van der Waals surface area (Å²) in [5.41, 5.74) is 0. The molecular weight excluding hydrogens is 292 g/mol. The van der Waals surface area contributed by atoms with Crippen LogP contribution in [0.1, 0.15) is 71.6 Å². The Labute approximate surface area is 139 Å². The molecule has 1 aromatic rings. The Morgan fingerprint density at radius 2 is 1.35 bits per heavy atom. The van der Waals surface area contributed by atoms with Crippen molar-refractivity contribution in [1.29, 1.82) is 0 Å². The minimum atomic E-state index is -0.434. The maximum Gasteiger partial charge on any atom is 0.311 e. The van der Waals surface area contributed by atoms with Crippen LogP contribution in [0.25, 0.3) is 0 Å². The van der Waals surface area contributed by atoms with E-state index in [2.05, 4.69) is 6.92 Å². The lowest BCUT2D eigenvalue weighted by molar-refractivity contribution is -0.136. The van der Waals surface area contributed by atoms with E-state index in [1.54, 1.807) is 24.3 Å². The molecule has 4 heteroatoms. The monoisotopic (exact) mass is 320 g/mol. The van der Waals surface area contributed by atoms with Crippen molar-refractivity contribution < 1.29 is 19.1 Å². The van der Waals surface area contributed by atoms with Gasteiger partial charge in [0, 0.05) is 13.3 Å². The number of benzene rings is 1. The highest BCUT2D eigenvalue weighted by atomic mass is 16.6.